The van der Waals surface area contributed by atoms with Crippen LogP contribution in [0.2, 0.25) is 0 Å². The van der Waals surface area contributed by atoms with E-state index in [0.717, 1.165) is 25.7 Å². The smallest absolute Gasteiger partial charge is 0.345 e. The molecule has 0 aliphatic rings. The van der Waals surface area contributed by atoms with E-state index in [-0.39, 0.29) is 6.10 Å². The second-order valence-corrected chi connectivity index (χ2v) is 3.72. The van der Waals surface area contributed by atoms with E-state index in [0.29, 0.717) is 6.42 Å². The minimum absolute atomic E-state index is 0.199. The number of hydrogen-bond acceptors (Lipinski definition) is 3. The Bertz CT molecular complexity index is 258. The van der Waals surface area contributed by atoms with E-state index in [1.54, 1.807) is 0 Å². The first-order valence-corrected chi connectivity index (χ1v) is 5.66. The third-order valence-electron chi connectivity index (χ3n) is 2.36. The Morgan fingerprint density at radius 1 is 1.31 bits per heavy atom. The van der Waals surface area contributed by atoms with Gasteiger partial charge in [0, 0.05) is 0 Å². The molecule has 1 unspecified atom stereocenters. The molecule has 0 aromatic rings. The summed E-state index contributed by atoms with van der Waals surface area (Å²) in [4.78, 5) is 21.8. The van der Waals surface area contributed by atoms with Crippen molar-refractivity contribution in [3.8, 4) is 0 Å². The second kappa shape index (κ2) is 7.91. The summed E-state index contributed by atoms with van der Waals surface area (Å²) in [5, 5.41) is 8.55. The number of ether oxygens (including phenoxy) is 1. The van der Waals surface area contributed by atoms with Crippen LogP contribution in [0.1, 0.15) is 46.0 Å². The third kappa shape index (κ3) is 5.53. The van der Waals surface area contributed by atoms with Crippen molar-refractivity contribution in [2.75, 3.05) is 0 Å². The van der Waals surface area contributed by atoms with E-state index < -0.39 is 17.5 Å². The topological polar surface area (TPSA) is 63.6 Å². The lowest BCUT2D eigenvalue weighted by atomic mass is 10.1. The highest BCUT2D eigenvalue weighted by molar-refractivity contribution is 6.12. The molecular weight excluding hydrogens is 208 g/mol. The SMILES string of the molecule is C=C(C(=O)O)C(=O)OC(CC)CCCCC. The van der Waals surface area contributed by atoms with E-state index in [9.17, 15) is 9.59 Å². The molecule has 0 saturated heterocycles. The maximum absolute atomic E-state index is 11.3. The molecule has 0 fully saturated rings. The van der Waals surface area contributed by atoms with E-state index in [1.807, 2.05) is 6.92 Å². The van der Waals surface area contributed by atoms with Crippen LogP contribution in [0.5, 0.6) is 0 Å². The van der Waals surface area contributed by atoms with E-state index in [2.05, 4.69) is 13.5 Å². The summed E-state index contributed by atoms with van der Waals surface area (Å²) < 4.78 is 5.05. The van der Waals surface area contributed by atoms with Gasteiger partial charge in [-0.05, 0) is 19.3 Å². The fraction of sp³-hybridized carbons (Fsp3) is 0.667. The van der Waals surface area contributed by atoms with Gasteiger partial charge in [-0.2, -0.15) is 0 Å². The van der Waals surface area contributed by atoms with Crippen molar-refractivity contribution < 1.29 is 19.4 Å². The average Bonchev–Trinajstić information content (AvgIpc) is 2.26. The molecule has 0 heterocycles. The second-order valence-electron chi connectivity index (χ2n) is 3.72. The van der Waals surface area contributed by atoms with E-state index in [4.69, 9.17) is 9.84 Å². The Hall–Kier alpha value is -1.32. The van der Waals surface area contributed by atoms with Crippen LogP contribution in [0.4, 0.5) is 0 Å². The molecule has 0 saturated carbocycles. The molecule has 0 bridgehead atoms. The fourth-order valence-corrected chi connectivity index (χ4v) is 1.28. The van der Waals surface area contributed by atoms with E-state index in [1.165, 1.54) is 0 Å². The van der Waals surface area contributed by atoms with Crippen LogP contribution in [0, 0.1) is 0 Å². The predicted octanol–water partition coefficient (Wildman–Crippen LogP) is 2.53. The normalized spacial score (nSPS) is 11.9. The van der Waals surface area contributed by atoms with Gasteiger partial charge >= 0.3 is 11.9 Å². The Morgan fingerprint density at radius 3 is 2.38 bits per heavy atom. The van der Waals surface area contributed by atoms with Crippen LogP contribution in [0.15, 0.2) is 12.2 Å². The van der Waals surface area contributed by atoms with Gasteiger partial charge in [0.2, 0.25) is 0 Å². The molecule has 0 aliphatic heterocycles. The summed E-state index contributed by atoms with van der Waals surface area (Å²) in [5.41, 5.74) is -0.506. The summed E-state index contributed by atoms with van der Waals surface area (Å²) in [6.07, 6.45) is 4.46. The number of aliphatic carboxylic acids is 1. The highest BCUT2D eigenvalue weighted by Gasteiger charge is 2.19. The molecule has 0 spiro atoms. The Labute approximate surface area is 96.3 Å². The zero-order valence-electron chi connectivity index (χ0n) is 9.99. The number of hydrogen-bond donors (Lipinski definition) is 1. The molecule has 16 heavy (non-hydrogen) atoms. The minimum atomic E-state index is -1.33. The molecule has 4 nitrogen and oxygen atoms in total. The van der Waals surface area contributed by atoms with Gasteiger partial charge in [-0.25, -0.2) is 9.59 Å². The van der Waals surface area contributed by atoms with Crippen LogP contribution in [0.25, 0.3) is 0 Å². The van der Waals surface area contributed by atoms with Gasteiger partial charge in [0.15, 0.2) is 0 Å². The van der Waals surface area contributed by atoms with Gasteiger partial charge in [0.05, 0.1) is 0 Å². The molecule has 92 valence electrons. The standard InChI is InChI=1S/C12H20O4/c1-4-6-7-8-10(5-2)16-12(15)9(3)11(13)14/h10H,3-8H2,1-2H3,(H,13,14). The van der Waals surface area contributed by atoms with Crippen molar-refractivity contribution in [3.05, 3.63) is 12.2 Å². The first-order valence-electron chi connectivity index (χ1n) is 5.66. The van der Waals surface area contributed by atoms with Crippen molar-refractivity contribution in [3.63, 3.8) is 0 Å². The van der Waals surface area contributed by atoms with Gasteiger partial charge in [0.1, 0.15) is 11.7 Å². The van der Waals surface area contributed by atoms with Crippen molar-refractivity contribution >= 4 is 11.9 Å². The number of carbonyl (C=O) groups is 2. The van der Waals surface area contributed by atoms with Crippen molar-refractivity contribution in [2.45, 2.75) is 52.1 Å². The Morgan fingerprint density at radius 2 is 1.94 bits per heavy atom. The quantitative estimate of drug-likeness (QED) is 0.228. The molecule has 0 rings (SSSR count). The van der Waals surface area contributed by atoms with Gasteiger partial charge in [-0.15, -0.1) is 0 Å². The number of carboxylic acids is 1. The molecule has 1 atom stereocenters. The zero-order chi connectivity index (χ0) is 12.6. The molecule has 4 heteroatoms. The maximum atomic E-state index is 11.3. The number of carbonyl (C=O) groups excluding carboxylic acids is 1. The average molecular weight is 228 g/mol. The van der Waals surface area contributed by atoms with Crippen LogP contribution < -0.4 is 0 Å². The summed E-state index contributed by atoms with van der Waals surface area (Å²) in [6.45, 7) is 7.17. The summed E-state index contributed by atoms with van der Waals surface area (Å²) in [5.74, 6) is -2.15. The number of carboxylic acid groups (broad SMARTS) is 1. The fourth-order valence-electron chi connectivity index (χ4n) is 1.28. The molecular formula is C12H20O4. The van der Waals surface area contributed by atoms with Crippen molar-refractivity contribution in [1.82, 2.24) is 0 Å². The largest absolute Gasteiger partial charge is 0.477 e. The van der Waals surface area contributed by atoms with Gasteiger partial charge in [-0.3, -0.25) is 0 Å². The summed E-state index contributed by atoms with van der Waals surface area (Å²) >= 11 is 0. The highest BCUT2D eigenvalue weighted by atomic mass is 16.5. The molecule has 0 aliphatic carbocycles. The lowest BCUT2D eigenvalue weighted by Gasteiger charge is -2.15. The number of esters is 1. The number of rotatable bonds is 8. The number of unbranched alkanes of at least 4 members (excludes halogenated alkanes) is 2. The van der Waals surface area contributed by atoms with Gasteiger partial charge in [-0.1, -0.05) is 33.3 Å². The van der Waals surface area contributed by atoms with E-state index >= 15 is 0 Å². The van der Waals surface area contributed by atoms with Gasteiger partial charge < -0.3 is 9.84 Å². The molecule has 0 aromatic heterocycles. The predicted molar refractivity (Wildman–Crippen MR) is 61.1 cm³/mol. The van der Waals surface area contributed by atoms with Crippen molar-refractivity contribution in [1.29, 1.82) is 0 Å². The van der Waals surface area contributed by atoms with Crippen molar-refractivity contribution in [2.24, 2.45) is 0 Å². The maximum Gasteiger partial charge on any atom is 0.345 e. The Kier molecular flexibility index (Phi) is 7.25. The summed E-state index contributed by atoms with van der Waals surface area (Å²) in [7, 11) is 0. The monoisotopic (exact) mass is 228 g/mol. The molecule has 0 amide bonds. The minimum Gasteiger partial charge on any atom is -0.477 e. The third-order valence-corrected chi connectivity index (χ3v) is 2.36. The van der Waals surface area contributed by atoms with Crippen LogP contribution in [0.3, 0.4) is 0 Å². The Balaban J connectivity index is 4.06. The lowest BCUT2D eigenvalue weighted by Crippen LogP contribution is -2.21. The van der Waals surface area contributed by atoms with Crippen LogP contribution >= 0.6 is 0 Å². The van der Waals surface area contributed by atoms with Gasteiger partial charge in [0.25, 0.3) is 0 Å². The lowest BCUT2D eigenvalue weighted by molar-refractivity contribution is -0.148. The van der Waals surface area contributed by atoms with Crippen LogP contribution in [-0.4, -0.2) is 23.1 Å². The molecule has 0 radical (unpaired) electrons. The summed E-state index contributed by atoms with van der Waals surface area (Å²) in [6, 6.07) is 0. The van der Waals surface area contributed by atoms with Crippen LogP contribution in [-0.2, 0) is 14.3 Å². The molecule has 1 N–H and O–H groups in total. The first-order chi connectivity index (χ1) is 7.52. The highest BCUT2D eigenvalue weighted by Crippen LogP contribution is 2.11. The zero-order valence-corrected chi connectivity index (χ0v) is 9.99. The first kappa shape index (κ1) is 14.7. The molecule has 0 aromatic carbocycles.